The van der Waals surface area contributed by atoms with Crippen molar-refractivity contribution in [1.82, 2.24) is 15.4 Å². The molecule has 0 saturated carbocycles. The van der Waals surface area contributed by atoms with Crippen molar-refractivity contribution in [2.75, 3.05) is 39.3 Å². The molecule has 0 atom stereocenters. The molecule has 0 bridgehead atoms. The molecule has 1 aliphatic rings. The van der Waals surface area contributed by atoms with Gasteiger partial charge in [0, 0.05) is 24.7 Å². The lowest BCUT2D eigenvalue weighted by Gasteiger charge is -2.19. The van der Waals surface area contributed by atoms with Gasteiger partial charge in [-0.1, -0.05) is 0 Å². The molecule has 1 aliphatic heterocycles. The van der Waals surface area contributed by atoms with Gasteiger partial charge in [0.2, 0.25) is 11.7 Å². The summed E-state index contributed by atoms with van der Waals surface area (Å²) in [5, 5.41) is 8.86. The Bertz CT molecular complexity index is 827. The number of benzene rings is 1. The molecule has 28 heavy (non-hydrogen) atoms. The normalized spacial score (nSPS) is 13.4. The van der Waals surface area contributed by atoms with Crippen molar-refractivity contribution >= 4 is 11.7 Å². The molecule has 3 rings (SSSR count). The molecule has 2 aromatic rings. The first-order chi connectivity index (χ1) is 13.6. The molecule has 150 valence electrons. The number of nitrogens with one attached hydrogen (secondary N) is 1. The zero-order chi connectivity index (χ0) is 20.1. The summed E-state index contributed by atoms with van der Waals surface area (Å²) < 4.78 is 16.2. The molecule has 2 heterocycles. The van der Waals surface area contributed by atoms with Crippen molar-refractivity contribution in [1.29, 1.82) is 0 Å². The van der Waals surface area contributed by atoms with Crippen molar-refractivity contribution in [3.8, 4) is 28.6 Å². The predicted octanol–water partition coefficient (Wildman–Crippen LogP) is 1.82. The summed E-state index contributed by atoms with van der Waals surface area (Å²) in [5.74, 6) is 2.09. The van der Waals surface area contributed by atoms with Crippen LogP contribution in [0.3, 0.4) is 0 Å². The standard InChI is InChI=1S/C19H24N4O5/c1-26-14-8-12(9-15(27-2)18(14)28-3)19-20-13(11-17(24)22-25)10-16(21-19)23-6-4-5-7-23/h8-10,25H,4-7,11H2,1-3H3,(H,22,24). The van der Waals surface area contributed by atoms with E-state index in [1.54, 1.807) is 37.9 Å². The summed E-state index contributed by atoms with van der Waals surface area (Å²) in [6.45, 7) is 1.80. The lowest BCUT2D eigenvalue weighted by atomic mass is 10.1. The second-order valence-electron chi connectivity index (χ2n) is 6.36. The number of rotatable bonds is 7. The summed E-state index contributed by atoms with van der Waals surface area (Å²) in [6, 6.07) is 5.31. The number of amides is 1. The third-order valence-corrected chi connectivity index (χ3v) is 4.59. The molecule has 9 heteroatoms. The maximum Gasteiger partial charge on any atom is 0.249 e. The maximum atomic E-state index is 11.7. The first-order valence-corrected chi connectivity index (χ1v) is 8.95. The van der Waals surface area contributed by atoms with Crippen LogP contribution in [0.15, 0.2) is 18.2 Å². The molecule has 1 saturated heterocycles. The first-order valence-electron chi connectivity index (χ1n) is 8.95. The number of hydrogen-bond acceptors (Lipinski definition) is 8. The molecule has 2 N–H and O–H groups in total. The maximum absolute atomic E-state index is 11.7. The van der Waals surface area contributed by atoms with Crippen molar-refractivity contribution in [2.45, 2.75) is 19.3 Å². The lowest BCUT2D eigenvalue weighted by molar-refractivity contribution is -0.128. The van der Waals surface area contributed by atoms with Crippen LogP contribution in [0.5, 0.6) is 17.2 Å². The van der Waals surface area contributed by atoms with E-state index in [9.17, 15) is 4.79 Å². The number of hydroxylamine groups is 1. The van der Waals surface area contributed by atoms with E-state index < -0.39 is 5.91 Å². The molecule has 0 aliphatic carbocycles. The highest BCUT2D eigenvalue weighted by atomic mass is 16.5. The van der Waals surface area contributed by atoms with Gasteiger partial charge in [0.05, 0.1) is 33.4 Å². The van der Waals surface area contributed by atoms with Gasteiger partial charge in [-0.25, -0.2) is 15.4 Å². The van der Waals surface area contributed by atoms with Crippen molar-refractivity contribution in [2.24, 2.45) is 0 Å². The number of anilines is 1. The van der Waals surface area contributed by atoms with Crippen molar-refractivity contribution in [3.63, 3.8) is 0 Å². The van der Waals surface area contributed by atoms with Crippen LogP contribution in [0.25, 0.3) is 11.4 Å². The van der Waals surface area contributed by atoms with Crippen molar-refractivity contribution < 1.29 is 24.2 Å². The van der Waals surface area contributed by atoms with Crippen LogP contribution < -0.4 is 24.6 Å². The Balaban J connectivity index is 2.10. The van der Waals surface area contributed by atoms with E-state index >= 15 is 0 Å². The molecule has 1 fully saturated rings. The smallest absolute Gasteiger partial charge is 0.249 e. The largest absolute Gasteiger partial charge is 0.493 e. The molecule has 0 spiro atoms. The molecular formula is C19H24N4O5. The Morgan fingerprint density at radius 3 is 2.25 bits per heavy atom. The number of aromatic nitrogens is 2. The summed E-state index contributed by atoms with van der Waals surface area (Å²) in [5.41, 5.74) is 2.82. The van der Waals surface area contributed by atoms with Crippen LogP contribution in [-0.2, 0) is 11.2 Å². The lowest BCUT2D eigenvalue weighted by Crippen LogP contribution is -2.23. The first kappa shape index (κ1) is 19.7. The van der Waals surface area contributed by atoms with E-state index in [0.717, 1.165) is 31.7 Å². The number of carbonyl (C=O) groups is 1. The van der Waals surface area contributed by atoms with Crippen LogP contribution in [0.2, 0.25) is 0 Å². The van der Waals surface area contributed by atoms with Gasteiger partial charge < -0.3 is 19.1 Å². The van der Waals surface area contributed by atoms with Gasteiger partial charge in [0.1, 0.15) is 5.82 Å². The molecule has 0 radical (unpaired) electrons. The van der Waals surface area contributed by atoms with Crippen LogP contribution in [0.1, 0.15) is 18.5 Å². The zero-order valence-corrected chi connectivity index (χ0v) is 16.2. The minimum Gasteiger partial charge on any atom is -0.493 e. The second kappa shape index (κ2) is 8.75. The quantitative estimate of drug-likeness (QED) is 0.547. The summed E-state index contributed by atoms with van der Waals surface area (Å²) in [6.07, 6.45) is 2.13. The second-order valence-corrected chi connectivity index (χ2v) is 6.36. The SMILES string of the molecule is COc1cc(-c2nc(CC(=O)NO)cc(N3CCCC3)n2)cc(OC)c1OC. The van der Waals surface area contributed by atoms with Gasteiger partial charge in [-0.2, -0.15) is 0 Å². The van der Waals surface area contributed by atoms with Gasteiger partial charge in [-0.15, -0.1) is 0 Å². The Morgan fingerprint density at radius 1 is 1.07 bits per heavy atom. The molecule has 9 nitrogen and oxygen atoms in total. The van der Waals surface area contributed by atoms with Crippen molar-refractivity contribution in [3.05, 3.63) is 23.9 Å². The number of carbonyl (C=O) groups excluding carboxylic acids is 1. The Kier molecular flexibility index (Phi) is 6.15. The van der Waals surface area contributed by atoms with E-state index in [-0.39, 0.29) is 6.42 Å². The van der Waals surface area contributed by atoms with Gasteiger partial charge in [-0.05, 0) is 25.0 Å². The molecule has 1 aromatic heterocycles. The summed E-state index contributed by atoms with van der Waals surface area (Å²) >= 11 is 0. The minimum absolute atomic E-state index is 0.0582. The third-order valence-electron chi connectivity index (χ3n) is 4.59. The average Bonchev–Trinajstić information content (AvgIpc) is 3.27. The van der Waals surface area contributed by atoms with E-state index in [2.05, 4.69) is 9.88 Å². The van der Waals surface area contributed by atoms with Gasteiger partial charge in [0.15, 0.2) is 17.3 Å². The zero-order valence-electron chi connectivity index (χ0n) is 16.2. The van der Waals surface area contributed by atoms with Crippen LogP contribution in [0.4, 0.5) is 5.82 Å². The van der Waals surface area contributed by atoms with Crippen LogP contribution in [-0.4, -0.2) is 55.5 Å². The number of nitrogens with zero attached hydrogens (tertiary/aromatic N) is 3. The van der Waals surface area contributed by atoms with E-state index in [0.29, 0.717) is 34.3 Å². The van der Waals surface area contributed by atoms with Gasteiger partial charge >= 0.3 is 0 Å². The predicted molar refractivity (Wildman–Crippen MR) is 102 cm³/mol. The minimum atomic E-state index is -0.540. The fourth-order valence-electron chi connectivity index (χ4n) is 3.23. The Labute approximate surface area is 163 Å². The Hall–Kier alpha value is -3.07. The third kappa shape index (κ3) is 4.09. The monoisotopic (exact) mass is 388 g/mol. The fourth-order valence-corrected chi connectivity index (χ4v) is 3.23. The molecule has 1 aromatic carbocycles. The van der Waals surface area contributed by atoms with E-state index in [4.69, 9.17) is 24.4 Å². The topological polar surface area (TPSA) is 106 Å². The Morgan fingerprint density at radius 2 is 1.71 bits per heavy atom. The molecule has 0 unspecified atom stereocenters. The van der Waals surface area contributed by atoms with Gasteiger partial charge in [0.25, 0.3) is 0 Å². The molecular weight excluding hydrogens is 364 g/mol. The highest BCUT2D eigenvalue weighted by Gasteiger charge is 2.20. The number of hydrogen-bond donors (Lipinski definition) is 2. The molecule has 1 amide bonds. The summed E-state index contributed by atoms with van der Waals surface area (Å²) in [4.78, 5) is 23.0. The van der Waals surface area contributed by atoms with Crippen LogP contribution >= 0.6 is 0 Å². The highest BCUT2D eigenvalue weighted by molar-refractivity contribution is 5.77. The van der Waals surface area contributed by atoms with Gasteiger partial charge in [-0.3, -0.25) is 10.0 Å². The summed E-state index contributed by atoms with van der Waals surface area (Å²) in [7, 11) is 4.62. The van der Waals surface area contributed by atoms with E-state index in [1.165, 1.54) is 7.11 Å². The highest BCUT2D eigenvalue weighted by Crippen LogP contribution is 2.40. The average molecular weight is 388 g/mol. The van der Waals surface area contributed by atoms with Crippen LogP contribution in [0, 0.1) is 0 Å². The number of ether oxygens (including phenoxy) is 3. The van der Waals surface area contributed by atoms with E-state index in [1.807, 2.05) is 0 Å². The fraction of sp³-hybridized carbons (Fsp3) is 0.421. The number of methoxy groups -OCH3 is 3.